The van der Waals surface area contributed by atoms with Gasteiger partial charge >= 0.3 is 0 Å². The molecule has 0 fully saturated rings. The maximum absolute atomic E-state index is 5.13. The number of nitrogens with one attached hydrogen (secondary N) is 1. The maximum Gasteiger partial charge on any atom is 0.150 e. The van der Waals surface area contributed by atoms with Gasteiger partial charge in [0.15, 0.2) is 5.76 Å². The molecular weight excluding hydrogens is 216 g/mol. The third-order valence-corrected chi connectivity index (χ3v) is 2.52. The van der Waals surface area contributed by atoms with E-state index in [0.29, 0.717) is 12.6 Å². The molecule has 0 aliphatic heterocycles. The number of nitrogens with zero attached hydrogens (tertiary/aromatic N) is 3. The third-order valence-electron chi connectivity index (χ3n) is 2.52. The number of aryl methyl sites for hydroxylation is 2. The Morgan fingerprint density at radius 2 is 2.29 bits per heavy atom. The molecule has 5 nitrogen and oxygen atoms in total. The van der Waals surface area contributed by atoms with Crippen molar-refractivity contribution in [2.45, 2.75) is 39.9 Å². The van der Waals surface area contributed by atoms with Crippen molar-refractivity contribution >= 4 is 0 Å². The average molecular weight is 234 g/mol. The standard InChI is InChI=1S/C12H18N4O/c1-9-5-14-16(7-9)8-11(3)13-6-12-4-10(2)15-17-12/h4-5,7,11,13H,6,8H2,1-3H3. The van der Waals surface area contributed by atoms with Gasteiger partial charge in [0.05, 0.1) is 25.0 Å². The normalized spacial score (nSPS) is 12.9. The fraction of sp³-hybridized carbons (Fsp3) is 0.500. The van der Waals surface area contributed by atoms with E-state index in [1.807, 2.05) is 37.0 Å². The van der Waals surface area contributed by atoms with Crippen molar-refractivity contribution in [3.63, 3.8) is 0 Å². The van der Waals surface area contributed by atoms with Crippen LogP contribution in [-0.4, -0.2) is 21.0 Å². The van der Waals surface area contributed by atoms with Crippen LogP contribution in [0.5, 0.6) is 0 Å². The Labute approximate surface area is 101 Å². The van der Waals surface area contributed by atoms with E-state index in [-0.39, 0.29) is 0 Å². The van der Waals surface area contributed by atoms with Gasteiger partial charge in [-0.2, -0.15) is 5.10 Å². The van der Waals surface area contributed by atoms with Crippen molar-refractivity contribution < 1.29 is 4.52 Å². The van der Waals surface area contributed by atoms with Crippen LogP contribution < -0.4 is 5.32 Å². The van der Waals surface area contributed by atoms with Gasteiger partial charge in [-0.25, -0.2) is 0 Å². The highest BCUT2D eigenvalue weighted by Gasteiger charge is 2.06. The SMILES string of the molecule is Cc1cnn(CC(C)NCc2cc(C)no2)c1. The van der Waals surface area contributed by atoms with Crippen LogP contribution in [0.4, 0.5) is 0 Å². The van der Waals surface area contributed by atoms with Gasteiger partial charge in [-0.05, 0) is 26.3 Å². The molecule has 0 aliphatic carbocycles. The molecular formula is C12H18N4O. The molecule has 0 saturated carbocycles. The monoisotopic (exact) mass is 234 g/mol. The number of rotatable bonds is 5. The summed E-state index contributed by atoms with van der Waals surface area (Å²) in [5, 5.41) is 11.5. The zero-order valence-electron chi connectivity index (χ0n) is 10.5. The van der Waals surface area contributed by atoms with Gasteiger partial charge in [0.2, 0.25) is 0 Å². The molecule has 2 aromatic heterocycles. The van der Waals surface area contributed by atoms with Crippen molar-refractivity contribution in [3.8, 4) is 0 Å². The molecule has 2 aromatic rings. The third kappa shape index (κ3) is 3.42. The first-order chi connectivity index (χ1) is 8.13. The van der Waals surface area contributed by atoms with Crippen LogP contribution in [0.25, 0.3) is 0 Å². The Morgan fingerprint density at radius 3 is 2.88 bits per heavy atom. The van der Waals surface area contributed by atoms with E-state index >= 15 is 0 Å². The van der Waals surface area contributed by atoms with Crippen LogP contribution in [0.2, 0.25) is 0 Å². The lowest BCUT2D eigenvalue weighted by molar-refractivity contribution is 0.353. The predicted molar refractivity (Wildman–Crippen MR) is 64.5 cm³/mol. The highest BCUT2D eigenvalue weighted by molar-refractivity contribution is 5.03. The average Bonchev–Trinajstić information content (AvgIpc) is 2.85. The molecule has 17 heavy (non-hydrogen) atoms. The van der Waals surface area contributed by atoms with Crippen LogP contribution in [0.3, 0.4) is 0 Å². The van der Waals surface area contributed by atoms with E-state index in [1.165, 1.54) is 5.56 Å². The molecule has 0 radical (unpaired) electrons. The van der Waals surface area contributed by atoms with Crippen molar-refractivity contribution in [1.82, 2.24) is 20.3 Å². The lowest BCUT2D eigenvalue weighted by atomic mass is 10.3. The predicted octanol–water partition coefficient (Wildman–Crippen LogP) is 1.67. The number of hydrogen-bond donors (Lipinski definition) is 1. The van der Waals surface area contributed by atoms with E-state index in [1.54, 1.807) is 0 Å². The van der Waals surface area contributed by atoms with Gasteiger partial charge in [-0.1, -0.05) is 5.16 Å². The van der Waals surface area contributed by atoms with E-state index in [2.05, 4.69) is 22.5 Å². The second-order valence-electron chi connectivity index (χ2n) is 4.46. The Morgan fingerprint density at radius 1 is 1.47 bits per heavy atom. The summed E-state index contributed by atoms with van der Waals surface area (Å²) in [5.74, 6) is 0.867. The zero-order chi connectivity index (χ0) is 12.3. The second-order valence-corrected chi connectivity index (χ2v) is 4.46. The lowest BCUT2D eigenvalue weighted by Gasteiger charge is -2.12. The second kappa shape index (κ2) is 5.14. The van der Waals surface area contributed by atoms with Gasteiger partial charge in [0.25, 0.3) is 0 Å². The number of hydrogen-bond acceptors (Lipinski definition) is 4. The summed E-state index contributed by atoms with van der Waals surface area (Å²) < 4.78 is 7.08. The van der Waals surface area contributed by atoms with E-state index < -0.39 is 0 Å². The number of aromatic nitrogens is 3. The van der Waals surface area contributed by atoms with Gasteiger partial charge < -0.3 is 9.84 Å². The molecule has 92 valence electrons. The summed E-state index contributed by atoms with van der Waals surface area (Å²) in [6.45, 7) is 7.63. The quantitative estimate of drug-likeness (QED) is 0.855. The molecule has 0 amide bonds. The van der Waals surface area contributed by atoms with Crippen LogP contribution in [0.15, 0.2) is 23.0 Å². The molecule has 2 heterocycles. The molecule has 2 rings (SSSR count). The van der Waals surface area contributed by atoms with E-state index in [9.17, 15) is 0 Å². The summed E-state index contributed by atoms with van der Waals surface area (Å²) in [6.07, 6.45) is 3.91. The van der Waals surface area contributed by atoms with Crippen molar-refractivity contribution in [1.29, 1.82) is 0 Å². The van der Waals surface area contributed by atoms with Gasteiger partial charge in [0, 0.05) is 18.3 Å². The minimum absolute atomic E-state index is 0.333. The summed E-state index contributed by atoms with van der Waals surface area (Å²) in [5.41, 5.74) is 2.10. The first-order valence-electron chi connectivity index (χ1n) is 5.78. The fourth-order valence-corrected chi connectivity index (χ4v) is 1.69. The lowest BCUT2D eigenvalue weighted by Crippen LogP contribution is -2.30. The minimum atomic E-state index is 0.333. The maximum atomic E-state index is 5.13. The molecule has 1 unspecified atom stereocenters. The van der Waals surface area contributed by atoms with E-state index in [0.717, 1.165) is 18.0 Å². The first-order valence-corrected chi connectivity index (χ1v) is 5.78. The van der Waals surface area contributed by atoms with Crippen molar-refractivity contribution in [3.05, 3.63) is 35.5 Å². The minimum Gasteiger partial charge on any atom is -0.360 e. The molecule has 0 saturated heterocycles. The Hall–Kier alpha value is -1.62. The highest BCUT2D eigenvalue weighted by Crippen LogP contribution is 2.02. The molecule has 0 bridgehead atoms. The summed E-state index contributed by atoms with van der Waals surface area (Å²) in [7, 11) is 0. The van der Waals surface area contributed by atoms with Crippen LogP contribution in [0.1, 0.15) is 23.9 Å². The van der Waals surface area contributed by atoms with Gasteiger partial charge in [-0.3, -0.25) is 4.68 Å². The molecule has 0 spiro atoms. The first kappa shape index (κ1) is 11.9. The topological polar surface area (TPSA) is 55.9 Å². The molecule has 0 aromatic carbocycles. The Kier molecular flexibility index (Phi) is 3.58. The summed E-state index contributed by atoms with van der Waals surface area (Å²) in [6, 6.07) is 2.28. The highest BCUT2D eigenvalue weighted by atomic mass is 16.5. The van der Waals surface area contributed by atoms with Crippen LogP contribution >= 0.6 is 0 Å². The van der Waals surface area contributed by atoms with Gasteiger partial charge in [0.1, 0.15) is 0 Å². The Bertz CT molecular complexity index is 474. The van der Waals surface area contributed by atoms with Crippen LogP contribution in [0, 0.1) is 13.8 Å². The summed E-state index contributed by atoms with van der Waals surface area (Å²) in [4.78, 5) is 0. The Balaban J connectivity index is 1.79. The zero-order valence-corrected chi connectivity index (χ0v) is 10.5. The smallest absolute Gasteiger partial charge is 0.150 e. The van der Waals surface area contributed by atoms with Gasteiger partial charge in [-0.15, -0.1) is 0 Å². The largest absolute Gasteiger partial charge is 0.360 e. The van der Waals surface area contributed by atoms with Crippen molar-refractivity contribution in [2.24, 2.45) is 0 Å². The molecule has 0 aliphatic rings. The fourth-order valence-electron chi connectivity index (χ4n) is 1.69. The molecule has 5 heteroatoms. The molecule has 1 N–H and O–H groups in total. The summed E-state index contributed by atoms with van der Waals surface area (Å²) >= 11 is 0. The molecule has 1 atom stereocenters. The van der Waals surface area contributed by atoms with E-state index in [4.69, 9.17) is 4.52 Å². The van der Waals surface area contributed by atoms with Crippen LogP contribution in [-0.2, 0) is 13.1 Å². The van der Waals surface area contributed by atoms with Crippen molar-refractivity contribution in [2.75, 3.05) is 0 Å².